The van der Waals surface area contributed by atoms with E-state index in [0.717, 1.165) is 5.56 Å². The zero-order valence-electron chi connectivity index (χ0n) is 13.5. The Bertz CT molecular complexity index is 677. The summed E-state index contributed by atoms with van der Waals surface area (Å²) < 4.78 is 1.78. The van der Waals surface area contributed by atoms with Gasteiger partial charge in [-0.2, -0.15) is 5.10 Å². The van der Waals surface area contributed by atoms with Crippen LogP contribution in [0.3, 0.4) is 0 Å². The second-order valence-corrected chi connectivity index (χ2v) is 6.44. The van der Waals surface area contributed by atoms with Gasteiger partial charge in [-0.1, -0.05) is 29.8 Å². The predicted octanol–water partition coefficient (Wildman–Crippen LogP) is 3.07. The van der Waals surface area contributed by atoms with Crippen LogP contribution in [0.25, 0.3) is 11.3 Å². The van der Waals surface area contributed by atoms with Gasteiger partial charge in [0.1, 0.15) is 5.69 Å². The highest BCUT2D eigenvalue weighted by atomic mass is 35.5. The minimum absolute atomic E-state index is 0. The third kappa shape index (κ3) is 4.47. The molecule has 0 aliphatic carbocycles. The second kappa shape index (κ2) is 7.81. The summed E-state index contributed by atoms with van der Waals surface area (Å²) in [5, 5.41) is 7.93. The summed E-state index contributed by atoms with van der Waals surface area (Å²) in [6.07, 6.45) is 1.75. The van der Waals surface area contributed by atoms with Gasteiger partial charge in [0.2, 0.25) is 0 Å². The van der Waals surface area contributed by atoms with Gasteiger partial charge in [0.05, 0.1) is 16.1 Å². The summed E-state index contributed by atoms with van der Waals surface area (Å²) in [7, 11) is 0. The Morgan fingerprint density at radius 2 is 2.00 bits per heavy atom. The Labute approximate surface area is 147 Å². The molecular weight excluding hydrogens is 335 g/mol. The molecule has 2 aromatic rings. The molecular formula is C16H22Cl2N4O. The maximum absolute atomic E-state index is 12.4. The summed E-state index contributed by atoms with van der Waals surface area (Å²) >= 11 is 6.26. The number of rotatable bonds is 4. The number of nitrogens with one attached hydrogen (secondary N) is 1. The molecule has 1 heterocycles. The van der Waals surface area contributed by atoms with E-state index in [1.165, 1.54) is 0 Å². The van der Waals surface area contributed by atoms with Crippen molar-refractivity contribution < 1.29 is 4.79 Å². The molecule has 0 bridgehead atoms. The predicted molar refractivity (Wildman–Crippen MR) is 96.3 cm³/mol. The molecule has 0 atom stereocenters. The van der Waals surface area contributed by atoms with E-state index in [2.05, 4.69) is 10.4 Å². The maximum atomic E-state index is 12.4. The van der Waals surface area contributed by atoms with Gasteiger partial charge in [-0.25, -0.2) is 0 Å². The molecule has 0 aliphatic rings. The topological polar surface area (TPSA) is 72.9 Å². The van der Waals surface area contributed by atoms with Gasteiger partial charge in [0.25, 0.3) is 5.91 Å². The van der Waals surface area contributed by atoms with Gasteiger partial charge in [-0.3, -0.25) is 9.48 Å². The smallest absolute Gasteiger partial charge is 0.255 e. The third-order valence-electron chi connectivity index (χ3n) is 3.21. The molecule has 0 fully saturated rings. The van der Waals surface area contributed by atoms with Crippen LogP contribution >= 0.6 is 24.0 Å². The van der Waals surface area contributed by atoms with Crippen LogP contribution in [0, 0.1) is 0 Å². The summed E-state index contributed by atoms with van der Waals surface area (Å²) in [6.45, 7) is 6.88. The maximum Gasteiger partial charge on any atom is 0.255 e. The molecule has 1 aromatic heterocycles. The van der Waals surface area contributed by atoms with Crippen LogP contribution in [0.1, 0.15) is 31.1 Å². The summed E-state index contributed by atoms with van der Waals surface area (Å²) in [5.41, 5.74) is 7.03. The number of carbonyl (C=O) groups is 1. The van der Waals surface area contributed by atoms with E-state index in [1.807, 2.05) is 39.0 Å². The average Bonchev–Trinajstić information content (AvgIpc) is 2.90. The first-order valence-electron chi connectivity index (χ1n) is 7.18. The van der Waals surface area contributed by atoms with Crippen LogP contribution in [-0.2, 0) is 5.54 Å². The van der Waals surface area contributed by atoms with Gasteiger partial charge in [0.15, 0.2) is 0 Å². The van der Waals surface area contributed by atoms with Crippen molar-refractivity contribution in [3.05, 3.63) is 41.0 Å². The molecule has 5 nitrogen and oxygen atoms in total. The highest BCUT2D eigenvalue weighted by Crippen LogP contribution is 2.30. The van der Waals surface area contributed by atoms with Crippen LogP contribution in [0.15, 0.2) is 30.5 Å². The van der Waals surface area contributed by atoms with Crippen molar-refractivity contribution in [3.63, 3.8) is 0 Å². The minimum Gasteiger partial charge on any atom is -0.351 e. The third-order valence-corrected chi connectivity index (χ3v) is 3.53. The summed E-state index contributed by atoms with van der Waals surface area (Å²) in [5.74, 6) is -0.198. The zero-order chi connectivity index (χ0) is 16.3. The molecule has 7 heteroatoms. The summed E-state index contributed by atoms with van der Waals surface area (Å²) in [4.78, 5) is 12.4. The van der Waals surface area contributed by atoms with E-state index in [-0.39, 0.29) is 23.9 Å². The van der Waals surface area contributed by atoms with Crippen LogP contribution < -0.4 is 11.1 Å². The number of hydrogen-bond donors (Lipinski definition) is 2. The number of halogens is 2. The number of nitrogens with zero attached hydrogens (tertiary/aromatic N) is 2. The molecule has 23 heavy (non-hydrogen) atoms. The van der Waals surface area contributed by atoms with Crippen LogP contribution in [0.4, 0.5) is 0 Å². The quantitative estimate of drug-likeness (QED) is 0.883. The van der Waals surface area contributed by atoms with E-state index in [0.29, 0.717) is 29.4 Å². The molecule has 1 amide bonds. The Kier molecular flexibility index (Phi) is 6.62. The number of carbonyl (C=O) groups excluding carboxylic acids is 1. The summed E-state index contributed by atoms with van der Waals surface area (Å²) in [6, 6.07) is 7.37. The van der Waals surface area contributed by atoms with Gasteiger partial charge >= 0.3 is 0 Å². The first-order valence-corrected chi connectivity index (χ1v) is 7.55. The standard InChI is InChI=1S/C16H21ClN4O.ClH/c1-16(2,3)21-10-12(15(22)19-9-8-18)14(20-21)11-6-4-5-7-13(11)17;/h4-7,10H,8-9,18H2,1-3H3,(H,19,22);1H. The fourth-order valence-electron chi connectivity index (χ4n) is 2.02. The van der Waals surface area contributed by atoms with Gasteiger partial charge < -0.3 is 11.1 Å². The average molecular weight is 357 g/mol. The minimum atomic E-state index is -0.234. The molecule has 0 aliphatic heterocycles. The second-order valence-electron chi connectivity index (χ2n) is 6.03. The molecule has 126 valence electrons. The Morgan fingerprint density at radius 1 is 1.35 bits per heavy atom. The monoisotopic (exact) mass is 356 g/mol. The van der Waals surface area contributed by atoms with Crippen LogP contribution in [-0.4, -0.2) is 28.8 Å². The van der Waals surface area contributed by atoms with Crippen LogP contribution in [0.2, 0.25) is 5.02 Å². The van der Waals surface area contributed by atoms with Crippen molar-refractivity contribution in [1.82, 2.24) is 15.1 Å². The molecule has 2 rings (SSSR count). The van der Waals surface area contributed by atoms with E-state index >= 15 is 0 Å². The molecule has 0 unspecified atom stereocenters. The zero-order valence-corrected chi connectivity index (χ0v) is 15.0. The lowest BCUT2D eigenvalue weighted by atomic mass is 10.1. The van der Waals surface area contributed by atoms with Crippen molar-refractivity contribution in [3.8, 4) is 11.3 Å². The highest BCUT2D eigenvalue weighted by molar-refractivity contribution is 6.33. The van der Waals surface area contributed by atoms with Gasteiger partial charge in [-0.15, -0.1) is 12.4 Å². The Balaban J connectivity index is 0.00000264. The number of aromatic nitrogens is 2. The van der Waals surface area contributed by atoms with E-state index in [9.17, 15) is 4.79 Å². The molecule has 1 aromatic carbocycles. The van der Waals surface area contributed by atoms with Crippen molar-refractivity contribution in [2.75, 3.05) is 13.1 Å². The van der Waals surface area contributed by atoms with Gasteiger partial charge in [-0.05, 0) is 26.8 Å². The fourth-order valence-corrected chi connectivity index (χ4v) is 2.24. The number of amides is 1. The molecule has 0 saturated carbocycles. The number of hydrogen-bond acceptors (Lipinski definition) is 3. The van der Waals surface area contributed by atoms with E-state index < -0.39 is 0 Å². The Hall–Kier alpha value is -1.56. The van der Waals surface area contributed by atoms with E-state index in [4.69, 9.17) is 17.3 Å². The van der Waals surface area contributed by atoms with Crippen LogP contribution in [0.5, 0.6) is 0 Å². The molecule has 0 radical (unpaired) electrons. The van der Waals surface area contributed by atoms with Crippen molar-refractivity contribution in [1.29, 1.82) is 0 Å². The first-order chi connectivity index (χ1) is 10.3. The Morgan fingerprint density at radius 3 is 2.57 bits per heavy atom. The normalized spacial score (nSPS) is 11.0. The lowest BCUT2D eigenvalue weighted by Gasteiger charge is -2.18. The van der Waals surface area contributed by atoms with Crippen molar-refractivity contribution >= 4 is 29.9 Å². The SMILES string of the molecule is CC(C)(C)n1cc(C(=O)NCCN)c(-c2ccccc2Cl)n1.Cl. The lowest BCUT2D eigenvalue weighted by Crippen LogP contribution is -2.29. The molecule has 3 N–H and O–H groups in total. The van der Waals surface area contributed by atoms with Crippen molar-refractivity contribution in [2.24, 2.45) is 5.73 Å². The highest BCUT2D eigenvalue weighted by Gasteiger charge is 2.23. The van der Waals surface area contributed by atoms with Crippen molar-refractivity contribution in [2.45, 2.75) is 26.3 Å². The van der Waals surface area contributed by atoms with E-state index in [1.54, 1.807) is 16.9 Å². The van der Waals surface area contributed by atoms with Gasteiger partial charge in [0, 0.05) is 24.8 Å². The largest absolute Gasteiger partial charge is 0.351 e. The number of benzene rings is 1. The number of nitrogens with two attached hydrogens (primary N) is 1. The fraction of sp³-hybridized carbons (Fsp3) is 0.375. The molecule has 0 saturated heterocycles. The molecule has 0 spiro atoms. The first kappa shape index (κ1) is 19.5. The lowest BCUT2D eigenvalue weighted by molar-refractivity contribution is 0.0955.